The highest BCUT2D eigenvalue weighted by Gasteiger charge is 2.04. The van der Waals surface area contributed by atoms with Crippen LogP contribution < -0.4 is 10.6 Å². The van der Waals surface area contributed by atoms with Gasteiger partial charge in [0.05, 0.1) is 4.92 Å². The second kappa shape index (κ2) is 7.96. The first-order valence-electron chi connectivity index (χ1n) is 6.83. The summed E-state index contributed by atoms with van der Waals surface area (Å²) in [6.45, 7) is 2.43. The van der Waals surface area contributed by atoms with Crippen molar-refractivity contribution in [1.29, 1.82) is 0 Å². The van der Waals surface area contributed by atoms with E-state index in [0.717, 1.165) is 37.3 Å². The number of nitrogens with zero attached hydrogens (tertiary/aromatic N) is 2. The standard InChI is InChI=1S/C15H18N4O2/c20-19(21)15-6-1-5-14(10-15)18-9-3-8-17-12-13-4-2-7-16-11-13/h1-2,4-7,10-11,17-18H,3,8-9,12H2. The van der Waals surface area contributed by atoms with Gasteiger partial charge < -0.3 is 10.6 Å². The minimum Gasteiger partial charge on any atom is -0.385 e. The van der Waals surface area contributed by atoms with E-state index in [1.165, 1.54) is 6.07 Å². The Morgan fingerprint density at radius 2 is 2.10 bits per heavy atom. The maximum Gasteiger partial charge on any atom is 0.271 e. The summed E-state index contributed by atoms with van der Waals surface area (Å²) in [6.07, 6.45) is 4.53. The van der Waals surface area contributed by atoms with Gasteiger partial charge >= 0.3 is 0 Å². The van der Waals surface area contributed by atoms with Crippen molar-refractivity contribution in [3.8, 4) is 0 Å². The molecule has 2 aromatic rings. The quantitative estimate of drug-likeness (QED) is 0.443. The van der Waals surface area contributed by atoms with Gasteiger partial charge in [0.2, 0.25) is 0 Å². The number of anilines is 1. The van der Waals surface area contributed by atoms with Crippen LogP contribution in [0.3, 0.4) is 0 Å². The molecule has 0 fully saturated rings. The van der Waals surface area contributed by atoms with Crippen LogP contribution in [0.1, 0.15) is 12.0 Å². The van der Waals surface area contributed by atoms with Gasteiger partial charge in [0.1, 0.15) is 0 Å². The molecule has 2 rings (SSSR count). The highest BCUT2D eigenvalue weighted by molar-refractivity contribution is 5.50. The first kappa shape index (κ1) is 14.9. The predicted molar refractivity (Wildman–Crippen MR) is 82.1 cm³/mol. The molecule has 0 radical (unpaired) electrons. The lowest BCUT2D eigenvalue weighted by atomic mass is 10.2. The molecule has 1 aromatic heterocycles. The lowest BCUT2D eigenvalue weighted by molar-refractivity contribution is -0.384. The number of nitrogens with one attached hydrogen (secondary N) is 2. The highest BCUT2D eigenvalue weighted by Crippen LogP contribution is 2.16. The van der Waals surface area contributed by atoms with Crippen LogP contribution in [0.4, 0.5) is 11.4 Å². The van der Waals surface area contributed by atoms with E-state index >= 15 is 0 Å². The molecule has 1 heterocycles. The average molecular weight is 286 g/mol. The van der Waals surface area contributed by atoms with Crippen LogP contribution in [0.25, 0.3) is 0 Å². The summed E-state index contributed by atoms with van der Waals surface area (Å²) < 4.78 is 0. The molecule has 1 aromatic carbocycles. The lowest BCUT2D eigenvalue weighted by Crippen LogP contribution is -2.17. The molecule has 0 atom stereocenters. The second-order valence-corrected chi connectivity index (χ2v) is 4.63. The van der Waals surface area contributed by atoms with Crippen LogP contribution in [0.15, 0.2) is 48.8 Å². The van der Waals surface area contributed by atoms with Crippen LogP contribution in [0, 0.1) is 10.1 Å². The Kier molecular flexibility index (Phi) is 5.66. The van der Waals surface area contributed by atoms with Gasteiger partial charge in [-0.1, -0.05) is 12.1 Å². The molecule has 6 nitrogen and oxygen atoms in total. The number of aromatic nitrogens is 1. The van der Waals surface area contributed by atoms with Crippen molar-refractivity contribution in [2.75, 3.05) is 18.4 Å². The molecule has 21 heavy (non-hydrogen) atoms. The van der Waals surface area contributed by atoms with E-state index in [2.05, 4.69) is 15.6 Å². The fourth-order valence-corrected chi connectivity index (χ4v) is 1.91. The van der Waals surface area contributed by atoms with Gasteiger partial charge in [0.25, 0.3) is 5.69 Å². The van der Waals surface area contributed by atoms with Crippen LogP contribution in [-0.2, 0) is 6.54 Å². The molecule has 0 unspecified atom stereocenters. The number of nitro benzene ring substituents is 1. The van der Waals surface area contributed by atoms with Crippen molar-refractivity contribution in [2.24, 2.45) is 0 Å². The number of hydrogen-bond donors (Lipinski definition) is 2. The monoisotopic (exact) mass is 286 g/mol. The third kappa shape index (κ3) is 5.19. The molecule has 6 heteroatoms. The molecule has 0 aliphatic carbocycles. The average Bonchev–Trinajstić information content (AvgIpc) is 2.52. The molecular weight excluding hydrogens is 268 g/mol. The molecule has 0 spiro atoms. The molecule has 0 aliphatic rings. The van der Waals surface area contributed by atoms with Crippen LogP contribution in [0.5, 0.6) is 0 Å². The maximum absolute atomic E-state index is 10.7. The van der Waals surface area contributed by atoms with Gasteiger partial charge in [-0.2, -0.15) is 0 Å². The zero-order valence-corrected chi connectivity index (χ0v) is 11.7. The van der Waals surface area contributed by atoms with E-state index in [1.54, 1.807) is 18.3 Å². The van der Waals surface area contributed by atoms with E-state index in [9.17, 15) is 10.1 Å². The molecule has 110 valence electrons. The van der Waals surface area contributed by atoms with Crippen molar-refractivity contribution in [1.82, 2.24) is 10.3 Å². The van der Waals surface area contributed by atoms with Gasteiger partial charge in [-0.05, 0) is 30.7 Å². The fraction of sp³-hybridized carbons (Fsp3) is 0.267. The lowest BCUT2D eigenvalue weighted by Gasteiger charge is -2.07. The van der Waals surface area contributed by atoms with E-state index in [0.29, 0.717) is 0 Å². The zero-order valence-electron chi connectivity index (χ0n) is 11.7. The number of pyridine rings is 1. The number of hydrogen-bond acceptors (Lipinski definition) is 5. The molecule has 0 saturated heterocycles. The van der Waals surface area contributed by atoms with Crippen LogP contribution >= 0.6 is 0 Å². The van der Waals surface area contributed by atoms with Crippen molar-refractivity contribution in [3.63, 3.8) is 0 Å². The Morgan fingerprint density at radius 1 is 1.19 bits per heavy atom. The third-order valence-electron chi connectivity index (χ3n) is 2.97. The van der Waals surface area contributed by atoms with Crippen molar-refractivity contribution in [2.45, 2.75) is 13.0 Å². The maximum atomic E-state index is 10.7. The number of benzene rings is 1. The van der Waals surface area contributed by atoms with Gasteiger partial charge in [-0.25, -0.2) is 0 Å². The van der Waals surface area contributed by atoms with Crippen molar-refractivity contribution in [3.05, 3.63) is 64.5 Å². The van der Waals surface area contributed by atoms with Crippen molar-refractivity contribution < 1.29 is 4.92 Å². The Bertz CT molecular complexity index is 575. The van der Waals surface area contributed by atoms with Crippen LogP contribution in [-0.4, -0.2) is 23.0 Å². The highest BCUT2D eigenvalue weighted by atomic mass is 16.6. The first-order chi connectivity index (χ1) is 10.3. The molecule has 0 saturated carbocycles. The van der Waals surface area contributed by atoms with Gasteiger partial charge in [0.15, 0.2) is 0 Å². The minimum atomic E-state index is -0.388. The summed E-state index contributed by atoms with van der Waals surface area (Å²) in [5.74, 6) is 0. The molecule has 0 amide bonds. The molecular formula is C15H18N4O2. The van der Waals surface area contributed by atoms with Gasteiger partial charge in [-0.3, -0.25) is 15.1 Å². The topological polar surface area (TPSA) is 80.1 Å². The van der Waals surface area contributed by atoms with Gasteiger partial charge in [0, 0.05) is 43.3 Å². The largest absolute Gasteiger partial charge is 0.385 e. The van der Waals surface area contributed by atoms with E-state index in [1.807, 2.05) is 24.4 Å². The summed E-state index contributed by atoms with van der Waals surface area (Å²) in [7, 11) is 0. The minimum absolute atomic E-state index is 0.106. The second-order valence-electron chi connectivity index (χ2n) is 4.63. The number of non-ortho nitro benzene ring substituents is 1. The smallest absolute Gasteiger partial charge is 0.271 e. The predicted octanol–water partition coefficient (Wildman–Crippen LogP) is 2.58. The summed E-state index contributed by atoms with van der Waals surface area (Å²) in [4.78, 5) is 14.3. The van der Waals surface area contributed by atoms with Crippen LogP contribution in [0.2, 0.25) is 0 Å². The SMILES string of the molecule is O=[N+]([O-])c1cccc(NCCCNCc2cccnc2)c1. The first-order valence-corrected chi connectivity index (χ1v) is 6.83. The summed E-state index contributed by atoms with van der Waals surface area (Å²) in [6, 6.07) is 10.5. The fourth-order valence-electron chi connectivity index (χ4n) is 1.91. The summed E-state index contributed by atoms with van der Waals surface area (Å²) >= 11 is 0. The Balaban J connectivity index is 1.64. The van der Waals surface area contributed by atoms with E-state index < -0.39 is 0 Å². The molecule has 0 bridgehead atoms. The zero-order chi connectivity index (χ0) is 14.9. The number of rotatable bonds is 8. The number of nitro groups is 1. The Morgan fingerprint density at radius 3 is 2.86 bits per heavy atom. The molecule has 0 aliphatic heterocycles. The molecule has 2 N–H and O–H groups in total. The van der Waals surface area contributed by atoms with Crippen molar-refractivity contribution >= 4 is 11.4 Å². The summed E-state index contributed by atoms with van der Waals surface area (Å²) in [5.41, 5.74) is 2.04. The third-order valence-corrected chi connectivity index (χ3v) is 2.97. The Hall–Kier alpha value is -2.47. The Labute approximate surface area is 123 Å². The normalized spacial score (nSPS) is 10.3. The van der Waals surface area contributed by atoms with Gasteiger partial charge in [-0.15, -0.1) is 0 Å². The van der Waals surface area contributed by atoms with E-state index in [-0.39, 0.29) is 10.6 Å². The van der Waals surface area contributed by atoms with E-state index in [4.69, 9.17) is 0 Å². The summed E-state index contributed by atoms with van der Waals surface area (Å²) in [5, 5.41) is 17.2.